The highest BCUT2D eigenvalue weighted by molar-refractivity contribution is 7.11. The normalized spacial score (nSPS) is 12.5. The van der Waals surface area contributed by atoms with Crippen molar-refractivity contribution < 1.29 is 5.11 Å². The summed E-state index contributed by atoms with van der Waals surface area (Å²) in [4.78, 5) is 4.50. The van der Waals surface area contributed by atoms with E-state index in [2.05, 4.69) is 4.98 Å². The van der Waals surface area contributed by atoms with Crippen LogP contribution in [0.1, 0.15) is 16.0 Å². The van der Waals surface area contributed by atoms with Crippen molar-refractivity contribution in [3.05, 3.63) is 16.1 Å². The third kappa shape index (κ3) is 1.32. The van der Waals surface area contributed by atoms with Crippen LogP contribution >= 0.6 is 11.3 Å². The van der Waals surface area contributed by atoms with Crippen LogP contribution in [0.3, 0.4) is 0 Å². The highest BCUT2D eigenvalue weighted by Crippen LogP contribution is 2.18. The SMILES string of the molecule is Cc1ncc([C@H](O)C#N)s1. The maximum Gasteiger partial charge on any atom is 0.176 e. The fourth-order valence-electron chi connectivity index (χ4n) is 0.568. The summed E-state index contributed by atoms with van der Waals surface area (Å²) in [5.74, 6) is 0. The quantitative estimate of drug-likeness (QED) is 0.614. The highest BCUT2D eigenvalue weighted by atomic mass is 32.1. The molecule has 0 aliphatic carbocycles. The van der Waals surface area contributed by atoms with Crippen LogP contribution in [0.4, 0.5) is 0 Å². The first-order chi connectivity index (χ1) is 4.74. The minimum absolute atomic E-state index is 0.611. The molecule has 1 atom stereocenters. The van der Waals surface area contributed by atoms with Gasteiger partial charge in [0, 0.05) is 6.20 Å². The largest absolute Gasteiger partial charge is 0.373 e. The van der Waals surface area contributed by atoms with Gasteiger partial charge in [-0.1, -0.05) is 0 Å². The van der Waals surface area contributed by atoms with Crippen LogP contribution in [-0.4, -0.2) is 10.1 Å². The Morgan fingerprint density at radius 3 is 3.00 bits per heavy atom. The first-order valence-corrected chi connectivity index (χ1v) is 3.55. The zero-order valence-electron chi connectivity index (χ0n) is 5.40. The predicted octanol–water partition coefficient (Wildman–Crippen LogP) is 1.01. The van der Waals surface area contributed by atoms with Gasteiger partial charge in [0.1, 0.15) is 0 Å². The lowest BCUT2D eigenvalue weighted by Crippen LogP contribution is -1.87. The minimum atomic E-state index is -1.01. The maximum atomic E-state index is 8.95. The average molecular weight is 154 g/mol. The molecule has 0 bridgehead atoms. The van der Waals surface area contributed by atoms with Crippen LogP contribution in [0.5, 0.6) is 0 Å². The molecular weight excluding hydrogens is 148 g/mol. The third-order valence-electron chi connectivity index (χ3n) is 1.03. The van der Waals surface area contributed by atoms with E-state index in [0.29, 0.717) is 4.88 Å². The third-order valence-corrected chi connectivity index (χ3v) is 2.00. The van der Waals surface area contributed by atoms with E-state index in [1.807, 2.05) is 6.92 Å². The van der Waals surface area contributed by atoms with E-state index in [1.54, 1.807) is 6.07 Å². The fraction of sp³-hybridized carbons (Fsp3) is 0.333. The summed E-state index contributed by atoms with van der Waals surface area (Å²) in [6, 6.07) is 1.72. The zero-order chi connectivity index (χ0) is 7.56. The average Bonchev–Trinajstić information content (AvgIpc) is 2.34. The van der Waals surface area contributed by atoms with Crippen LogP contribution in [0.2, 0.25) is 0 Å². The van der Waals surface area contributed by atoms with Crippen molar-refractivity contribution in [2.24, 2.45) is 0 Å². The summed E-state index contributed by atoms with van der Waals surface area (Å²) in [6.45, 7) is 1.83. The molecule has 1 N–H and O–H groups in total. The standard InChI is InChI=1S/C6H6N2OS/c1-4-8-3-6(10-4)5(9)2-7/h3,5,9H,1H3/t5-/m1/s1. The van der Waals surface area contributed by atoms with Gasteiger partial charge in [0.15, 0.2) is 6.10 Å². The van der Waals surface area contributed by atoms with Gasteiger partial charge in [-0.3, -0.25) is 0 Å². The van der Waals surface area contributed by atoms with Crippen LogP contribution in [0.15, 0.2) is 6.20 Å². The Labute approximate surface area is 62.6 Å². The van der Waals surface area contributed by atoms with Gasteiger partial charge in [-0.2, -0.15) is 5.26 Å². The van der Waals surface area contributed by atoms with E-state index in [-0.39, 0.29) is 0 Å². The van der Waals surface area contributed by atoms with E-state index in [1.165, 1.54) is 17.5 Å². The van der Waals surface area contributed by atoms with Gasteiger partial charge in [-0.15, -0.1) is 11.3 Å². The molecule has 1 aromatic heterocycles. The molecule has 0 amide bonds. The van der Waals surface area contributed by atoms with E-state index in [4.69, 9.17) is 10.4 Å². The molecule has 1 heterocycles. The molecule has 1 rings (SSSR count). The molecule has 0 aromatic carbocycles. The smallest absolute Gasteiger partial charge is 0.176 e. The molecular formula is C6H6N2OS. The number of rotatable bonds is 1. The molecule has 4 heteroatoms. The van der Waals surface area contributed by atoms with Crippen molar-refractivity contribution in [1.29, 1.82) is 5.26 Å². The number of aromatic nitrogens is 1. The Morgan fingerprint density at radius 1 is 1.90 bits per heavy atom. The Balaban J connectivity index is 2.87. The van der Waals surface area contributed by atoms with Gasteiger partial charge in [0.2, 0.25) is 0 Å². The molecule has 0 unspecified atom stereocenters. The van der Waals surface area contributed by atoms with Crippen molar-refractivity contribution in [3.8, 4) is 6.07 Å². The molecule has 3 nitrogen and oxygen atoms in total. The highest BCUT2D eigenvalue weighted by Gasteiger charge is 2.07. The first kappa shape index (κ1) is 7.19. The van der Waals surface area contributed by atoms with Crippen molar-refractivity contribution in [3.63, 3.8) is 0 Å². The van der Waals surface area contributed by atoms with Crippen LogP contribution < -0.4 is 0 Å². The fourth-order valence-corrected chi connectivity index (χ4v) is 1.28. The molecule has 0 radical (unpaired) electrons. The van der Waals surface area contributed by atoms with Crippen molar-refractivity contribution in [2.75, 3.05) is 0 Å². The second-order valence-electron chi connectivity index (χ2n) is 1.81. The molecule has 0 fully saturated rings. The van der Waals surface area contributed by atoms with Crippen molar-refractivity contribution in [1.82, 2.24) is 4.98 Å². The lowest BCUT2D eigenvalue weighted by Gasteiger charge is -1.91. The summed E-state index contributed by atoms with van der Waals surface area (Å²) in [7, 11) is 0. The van der Waals surface area contributed by atoms with E-state index >= 15 is 0 Å². The lowest BCUT2D eigenvalue weighted by molar-refractivity contribution is 0.239. The number of aliphatic hydroxyl groups excluding tert-OH is 1. The molecule has 1 aromatic rings. The minimum Gasteiger partial charge on any atom is -0.373 e. The van der Waals surface area contributed by atoms with Gasteiger partial charge in [-0.25, -0.2) is 4.98 Å². The number of nitrogens with zero attached hydrogens (tertiary/aromatic N) is 2. The van der Waals surface area contributed by atoms with Crippen LogP contribution in [0.25, 0.3) is 0 Å². The number of thiazole rings is 1. The monoisotopic (exact) mass is 154 g/mol. The summed E-state index contributed by atoms with van der Waals surface area (Å²) < 4.78 is 0. The van der Waals surface area contributed by atoms with Gasteiger partial charge in [0.25, 0.3) is 0 Å². The van der Waals surface area contributed by atoms with E-state index in [9.17, 15) is 0 Å². The summed E-state index contributed by atoms with van der Waals surface area (Å²) in [5, 5.41) is 18.1. The van der Waals surface area contributed by atoms with E-state index in [0.717, 1.165) is 5.01 Å². The Kier molecular flexibility index (Phi) is 2.00. The maximum absolute atomic E-state index is 8.95. The molecule has 52 valence electrons. The van der Waals surface area contributed by atoms with Gasteiger partial charge in [-0.05, 0) is 6.92 Å². The Bertz CT molecular complexity index is 263. The van der Waals surface area contributed by atoms with Crippen molar-refractivity contribution >= 4 is 11.3 Å². The number of aliphatic hydroxyl groups is 1. The summed E-state index contributed by atoms with van der Waals surface area (Å²) >= 11 is 1.34. The Morgan fingerprint density at radius 2 is 2.60 bits per heavy atom. The van der Waals surface area contributed by atoms with Gasteiger partial charge in [0.05, 0.1) is 16.0 Å². The Hall–Kier alpha value is -0.920. The molecule has 0 saturated heterocycles. The van der Waals surface area contributed by atoms with Gasteiger partial charge >= 0.3 is 0 Å². The van der Waals surface area contributed by atoms with Gasteiger partial charge < -0.3 is 5.11 Å². The molecule has 0 spiro atoms. The number of hydrogen-bond donors (Lipinski definition) is 1. The predicted molar refractivity (Wildman–Crippen MR) is 37.4 cm³/mol. The van der Waals surface area contributed by atoms with E-state index < -0.39 is 6.10 Å². The summed E-state index contributed by atoms with van der Waals surface area (Å²) in [6.07, 6.45) is 0.514. The first-order valence-electron chi connectivity index (χ1n) is 2.74. The topological polar surface area (TPSA) is 56.9 Å². The molecule has 0 saturated carbocycles. The second-order valence-corrected chi connectivity index (χ2v) is 3.08. The lowest BCUT2D eigenvalue weighted by atomic mass is 10.3. The molecule has 0 aliphatic heterocycles. The van der Waals surface area contributed by atoms with Crippen LogP contribution in [-0.2, 0) is 0 Å². The summed E-state index contributed by atoms with van der Waals surface area (Å²) in [5.41, 5.74) is 0. The second kappa shape index (κ2) is 2.78. The number of aryl methyl sites for hydroxylation is 1. The van der Waals surface area contributed by atoms with Crippen LogP contribution in [0, 0.1) is 18.3 Å². The molecule has 10 heavy (non-hydrogen) atoms. The molecule has 0 aliphatic rings. The number of nitriles is 1. The number of hydrogen-bond acceptors (Lipinski definition) is 4. The zero-order valence-corrected chi connectivity index (χ0v) is 6.22. The van der Waals surface area contributed by atoms with Crippen molar-refractivity contribution in [2.45, 2.75) is 13.0 Å².